The molecule has 0 saturated carbocycles. The summed E-state index contributed by atoms with van der Waals surface area (Å²) in [7, 11) is 1.86. The minimum absolute atomic E-state index is 0.00505. The van der Waals surface area contributed by atoms with Crippen LogP contribution in [0.2, 0.25) is 5.02 Å². The number of anilines is 1. The molecule has 0 aliphatic rings. The summed E-state index contributed by atoms with van der Waals surface area (Å²) in [4.78, 5) is 13.5. The Morgan fingerprint density at radius 1 is 1.33 bits per heavy atom. The van der Waals surface area contributed by atoms with Crippen LogP contribution in [0.15, 0.2) is 18.2 Å². The van der Waals surface area contributed by atoms with Crippen molar-refractivity contribution in [2.45, 2.75) is 39.8 Å². The highest BCUT2D eigenvalue weighted by atomic mass is 35.5. The van der Waals surface area contributed by atoms with Gasteiger partial charge in [-0.3, -0.25) is 4.79 Å². The van der Waals surface area contributed by atoms with Crippen LogP contribution in [0.25, 0.3) is 0 Å². The summed E-state index contributed by atoms with van der Waals surface area (Å²) in [5.41, 5.74) is 2.06. The van der Waals surface area contributed by atoms with Gasteiger partial charge in [-0.05, 0) is 45.4 Å². The van der Waals surface area contributed by atoms with E-state index < -0.39 is 0 Å². The number of nitrogens with zero attached hydrogens (tertiary/aromatic N) is 1. The lowest BCUT2D eigenvalue weighted by Crippen LogP contribution is -2.35. The normalized spacial score (nSPS) is 11.3. The summed E-state index contributed by atoms with van der Waals surface area (Å²) in [6.45, 7) is 9.99. The first-order valence-corrected chi connectivity index (χ1v) is 7.62. The van der Waals surface area contributed by atoms with Gasteiger partial charge in [0.15, 0.2) is 0 Å². The Hall–Kier alpha value is -1.26. The molecule has 0 aliphatic heterocycles. The van der Waals surface area contributed by atoms with E-state index >= 15 is 0 Å². The van der Waals surface area contributed by atoms with Crippen LogP contribution >= 0.6 is 11.6 Å². The van der Waals surface area contributed by atoms with Crippen molar-refractivity contribution in [2.75, 3.05) is 25.0 Å². The summed E-state index contributed by atoms with van der Waals surface area (Å²) in [5, 5.41) is 6.87. The predicted molar refractivity (Wildman–Crippen MR) is 90.0 cm³/mol. The third kappa shape index (κ3) is 6.36. The van der Waals surface area contributed by atoms with E-state index in [1.54, 1.807) is 0 Å². The molecule has 1 aromatic rings. The van der Waals surface area contributed by atoms with Gasteiger partial charge in [0, 0.05) is 25.7 Å². The van der Waals surface area contributed by atoms with Gasteiger partial charge in [0.2, 0.25) is 5.91 Å². The van der Waals surface area contributed by atoms with E-state index in [-0.39, 0.29) is 11.4 Å². The Labute approximate surface area is 132 Å². The molecule has 1 aromatic carbocycles. The van der Waals surface area contributed by atoms with E-state index in [2.05, 4.69) is 31.4 Å². The summed E-state index contributed by atoms with van der Waals surface area (Å²) >= 11 is 6.33. The zero-order chi connectivity index (χ0) is 16.0. The Kier molecular flexibility index (Phi) is 6.49. The van der Waals surface area contributed by atoms with Gasteiger partial charge in [-0.15, -0.1) is 0 Å². The molecule has 0 saturated heterocycles. The second-order valence-corrected chi connectivity index (χ2v) is 6.61. The summed E-state index contributed by atoms with van der Waals surface area (Å²) < 4.78 is 0. The van der Waals surface area contributed by atoms with Gasteiger partial charge >= 0.3 is 0 Å². The highest BCUT2D eigenvalue weighted by molar-refractivity contribution is 6.33. The molecule has 0 aromatic heterocycles. The first-order valence-electron chi connectivity index (χ1n) is 7.24. The average Bonchev–Trinajstić information content (AvgIpc) is 2.35. The van der Waals surface area contributed by atoms with Gasteiger partial charge in [0.25, 0.3) is 0 Å². The Morgan fingerprint density at radius 2 is 2.00 bits per heavy atom. The lowest BCUT2D eigenvalue weighted by atomic mass is 10.1. The number of hydrogen-bond donors (Lipinski definition) is 2. The first kappa shape index (κ1) is 17.8. The molecule has 0 aliphatic carbocycles. The minimum atomic E-state index is -0.00505. The third-order valence-corrected chi connectivity index (χ3v) is 3.30. The molecule has 5 heteroatoms. The average molecular weight is 312 g/mol. The number of likely N-dealkylation sites (N-methyl/N-ethyl adjacent to an activating group) is 2. The van der Waals surface area contributed by atoms with Crippen LogP contribution < -0.4 is 15.5 Å². The molecule has 1 rings (SSSR count). The predicted octanol–water partition coefficient (Wildman–Crippen LogP) is 2.80. The smallest absolute Gasteiger partial charge is 0.239 e. The van der Waals surface area contributed by atoms with E-state index in [0.29, 0.717) is 18.1 Å². The van der Waals surface area contributed by atoms with Crippen molar-refractivity contribution in [1.82, 2.24) is 10.6 Å². The van der Waals surface area contributed by atoms with Crippen LogP contribution in [0.4, 0.5) is 5.69 Å². The second-order valence-electron chi connectivity index (χ2n) is 6.20. The molecule has 0 bridgehead atoms. The molecule has 0 radical (unpaired) electrons. The van der Waals surface area contributed by atoms with Crippen molar-refractivity contribution in [3.8, 4) is 0 Å². The zero-order valence-corrected chi connectivity index (χ0v) is 14.3. The third-order valence-electron chi connectivity index (χ3n) is 3.00. The van der Waals surface area contributed by atoms with Crippen molar-refractivity contribution in [2.24, 2.45) is 0 Å². The molecule has 0 spiro atoms. The lowest BCUT2D eigenvalue weighted by Gasteiger charge is -2.22. The van der Waals surface area contributed by atoms with Crippen LogP contribution in [0.3, 0.4) is 0 Å². The largest absolute Gasteiger partial charge is 0.364 e. The van der Waals surface area contributed by atoms with Crippen LogP contribution in [0.1, 0.15) is 33.3 Å². The van der Waals surface area contributed by atoms with Crippen molar-refractivity contribution < 1.29 is 4.79 Å². The number of amides is 1. The number of benzene rings is 1. The number of halogens is 1. The molecule has 118 valence electrons. The monoisotopic (exact) mass is 311 g/mol. The van der Waals surface area contributed by atoms with Crippen LogP contribution in [-0.2, 0) is 11.3 Å². The van der Waals surface area contributed by atoms with Crippen molar-refractivity contribution >= 4 is 23.2 Å². The lowest BCUT2D eigenvalue weighted by molar-refractivity contribution is -0.119. The Morgan fingerprint density at radius 3 is 2.52 bits per heavy atom. The maximum Gasteiger partial charge on any atom is 0.239 e. The zero-order valence-electron chi connectivity index (χ0n) is 13.6. The number of nitrogens with one attached hydrogen (secondary N) is 2. The van der Waals surface area contributed by atoms with E-state index in [9.17, 15) is 4.79 Å². The van der Waals surface area contributed by atoms with Gasteiger partial charge < -0.3 is 15.5 Å². The number of hydrogen-bond acceptors (Lipinski definition) is 3. The van der Waals surface area contributed by atoms with Gasteiger partial charge in [0.05, 0.1) is 17.3 Å². The van der Waals surface area contributed by atoms with Gasteiger partial charge in [0.1, 0.15) is 0 Å². The minimum Gasteiger partial charge on any atom is -0.364 e. The molecule has 1 amide bonds. The van der Waals surface area contributed by atoms with E-state index in [4.69, 9.17) is 11.6 Å². The van der Waals surface area contributed by atoms with Crippen LogP contribution in [0.5, 0.6) is 0 Å². The standard InChI is InChI=1S/C16H26ClN3O/c1-6-18-15(21)11-20(5)14-8-7-12(9-13(14)17)10-19-16(2,3)4/h7-9,19H,6,10-11H2,1-5H3,(H,18,21). The molecule has 0 fully saturated rings. The first-order chi connectivity index (χ1) is 9.73. The van der Waals surface area contributed by atoms with Crippen molar-refractivity contribution in [3.63, 3.8) is 0 Å². The van der Waals surface area contributed by atoms with Crippen LogP contribution in [0, 0.1) is 0 Å². The fourth-order valence-electron chi connectivity index (χ4n) is 1.89. The van der Waals surface area contributed by atoms with Crippen molar-refractivity contribution in [1.29, 1.82) is 0 Å². The van der Waals surface area contributed by atoms with Crippen LogP contribution in [-0.4, -0.2) is 31.6 Å². The second kappa shape index (κ2) is 7.66. The van der Waals surface area contributed by atoms with Gasteiger partial charge in [-0.1, -0.05) is 17.7 Å². The Balaban J connectivity index is 2.71. The summed E-state index contributed by atoms with van der Waals surface area (Å²) in [6, 6.07) is 5.94. The molecule has 2 N–H and O–H groups in total. The van der Waals surface area contributed by atoms with E-state index in [1.165, 1.54) is 0 Å². The molecular formula is C16H26ClN3O. The maximum atomic E-state index is 11.6. The van der Waals surface area contributed by atoms with Gasteiger partial charge in [-0.25, -0.2) is 0 Å². The van der Waals surface area contributed by atoms with E-state index in [0.717, 1.165) is 17.8 Å². The molecule has 4 nitrogen and oxygen atoms in total. The molecule has 0 atom stereocenters. The summed E-state index contributed by atoms with van der Waals surface area (Å²) in [5.74, 6) is -0.00505. The molecule has 0 unspecified atom stereocenters. The molecule has 0 heterocycles. The van der Waals surface area contributed by atoms with E-state index in [1.807, 2.05) is 37.1 Å². The maximum absolute atomic E-state index is 11.6. The Bertz CT molecular complexity index is 483. The fourth-order valence-corrected chi connectivity index (χ4v) is 2.24. The number of carbonyl (C=O) groups excluding carboxylic acids is 1. The topological polar surface area (TPSA) is 44.4 Å². The quantitative estimate of drug-likeness (QED) is 0.849. The number of carbonyl (C=O) groups is 1. The number of rotatable bonds is 6. The molecular weight excluding hydrogens is 286 g/mol. The fraction of sp³-hybridized carbons (Fsp3) is 0.562. The molecule has 21 heavy (non-hydrogen) atoms. The van der Waals surface area contributed by atoms with Crippen molar-refractivity contribution in [3.05, 3.63) is 28.8 Å². The SMILES string of the molecule is CCNC(=O)CN(C)c1ccc(CNC(C)(C)C)cc1Cl. The highest BCUT2D eigenvalue weighted by Gasteiger charge is 2.12. The summed E-state index contributed by atoms with van der Waals surface area (Å²) in [6.07, 6.45) is 0. The van der Waals surface area contributed by atoms with Gasteiger partial charge in [-0.2, -0.15) is 0 Å². The highest BCUT2D eigenvalue weighted by Crippen LogP contribution is 2.26.